The van der Waals surface area contributed by atoms with E-state index in [1.807, 2.05) is 4.68 Å². The maximum atomic E-state index is 4.01. The lowest BCUT2D eigenvalue weighted by Crippen LogP contribution is -2.12. The van der Waals surface area contributed by atoms with Gasteiger partial charge in [-0.1, -0.05) is 27.7 Å². The van der Waals surface area contributed by atoms with Crippen molar-refractivity contribution in [3.8, 4) is 0 Å². The second kappa shape index (κ2) is 4.35. The molecule has 0 saturated heterocycles. The zero-order valence-electron chi connectivity index (χ0n) is 8.86. The van der Waals surface area contributed by atoms with Crippen LogP contribution in [-0.4, -0.2) is 20.2 Å². The van der Waals surface area contributed by atoms with Crippen LogP contribution < -0.4 is 0 Å². The van der Waals surface area contributed by atoms with E-state index in [2.05, 4.69) is 43.2 Å². The van der Waals surface area contributed by atoms with Gasteiger partial charge in [-0.05, 0) is 22.3 Å². The molecule has 0 saturated carbocycles. The van der Waals surface area contributed by atoms with Crippen molar-refractivity contribution in [2.75, 3.05) is 0 Å². The van der Waals surface area contributed by atoms with E-state index >= 15 is 0 Å². The van der Waals surface area contributed by atoms with Crippen LogP contribution in [0.2, 0.25) is 0 Å². The van der Waals surface area contributed by atoms with Crippen molar-refractivity contribution in [1.29, 1.82) is 0 Å². The molecule has 0 unspecified atom stereocenters. The minimum atomic E-state index is 0.592. The molecule has 0 amide bonds. The second-order valence-electron chi connectivity index (χ2n) is 4.27. The van der Waals surface area contributed by atoms with Gasteiger partial charge in [-0.15, -0.1) is 5.10 Å². The van der Waals surface area contributed by atoms with Crippen LogP contribution >= 0.6 is 0 Å². The molecule has 0 aromatic carbocycles. The standard InChI is InChI=1S/C9H18N4/c1-7(2)5-9-10-11-12-13(9)6-8(3)4/h7-8H,5-6H2,1-4H3. The third-order valence-electron chi connectivity index (χ3n) is 1.73. The summed E-state index contributed by atoms with van der Waals surface area (Å²) in [5.41, 5.74) is 0. The summed E-state index contributed by atoms with van der Waals surface area (Å²) in [7, 11) is 0. The largest absolute Gasteiger partial charge is 0.229 e. The van der Waals surface area contributed by atoms with Gasteiger partial charge in [0, 0.05) is 13.0 Å². The van der Waals surface area contributed by atoms with Gasteiger partial charge in [0.15, 0.2) is 5.82 Å². The first-order valence-corrected chi connectivity index (χ1v) is 4.84. The Bertz CT molecular complexity index is 227. The first kappa shape index (κ1) is 10.2. The molecule has 0 aliphatic heterocycles. The minimum absolute atomic E-state index is 0.592. The first-order chi connectivity index (χ1) is 6.09. The van der Waals surface area contributed by atoms with Gasteiger partial charge in [0.1, 0.15) is 0 Å². The number of nitrogens with zero attached hydrogens (tertiary/aromatic N) is 4. The van der Waals surface area contributed by atoms with Crippen LogP contribution in [0.4, 0.5) is 0 Å². The molecule has 1 heterocycles. The Morgan fingerprint density at radius 3 is 2.38 bits per heavy atom. The molecular weight excluding hydrogens is 164 g/mol. The van der Waals surface area contributed by atoms with E-state index in [1.165, 1.54) is 0 Å². The van der Waals surface area contributed by atoms with Crippen LogP contribution in [0.15, 0.2) is 0 Å². The lowest BCUT2D eigenvalue weighted by molar-refractivity contribution is 0.447. The molecule has 0 fully saturated rings. The Balaban J connectivity index is 2.65. The third-order valence-corrected chi connectivity index (χ3v) is 1.73. The van der Waals surface area contributed by atoms with Gasteiger partial charge >= 0.3 is 0 Å². The molecule has 4 nitrogen and oxygen atoms in total. The van der Waals surface area contributed by atoms with Gasteiger partial charge in [0.2, 0.25) is 0 Å². The topological polar surface area (TPSA) is 43.6 Å². The Morgan fingerprint density at radius 2 is 1.85 bits per heavy atom. The van der Waals surface area contributed by atoms with Gasteiger partial charge in [0.25, 0.3) is 0 Å². The summed E-state index contributed by atoms with van der Waals surface area (Å²) in [6, 6.07) is 0. The van der Waals surface area contributed by atoms with Gasteiger partial charge in [0.05, 0.1) is 0 Å². The highest BCUT2D eigenvalue weighted by Crippen LogP contribution is 2.05. The quantitative estimate of drug-likeness (QED) is 0.709. The van der Waals surface area contributed by atoms with Crippen LogP contribution in [0.5, 0.6) is 0 Å². The lowest BCUT2D eigenvalue weighted by Gasteiger charge is -2.07. The van der Waals surface area contributed by atoms with Crippen molar-refractivity contribution in [1.82, 2.24) is 20.2 Å². The summed E-state index contributed by atoms with van der Waals surface area (Å²) in [5, 5.41) is 11.7. The SMILES string of the molecule is CC(C)Cc1nnnn1CC(C)C. The number of hydrogen-bond donors (Lipinski definition) is 0. The van der Waals surface area contributed by atoms with Crippen LogP contribution in [-0.2, 0) is 13.0 Å². The van der Waals surface area contributed by atoms with Crippen molar-refractivity contribution in [2.24, 2.45) is 11.8 Å². The molecule has 0 N–H and O–H groups in total. The van der Waals surface area contributed by atoms with Crippen molar-refractivity contribution in [2.45, 2.75) is 40.7 Å². The summed E-state index contributed by atoms with van der Waals surface area (Å²) in [6.07, 6.45) is 0.958. The molecule has 74 valence electrons. The lowest BCUT2D eigenvalue weighted by atomic mass is 10.1. The average Bonchev–Trinajstić information content (AvgIpc) is 2.34. The summed E-state index contributed by atoms with van der Waals surface area (Å²) in [6.45, 7) is 9.60. The van der Waals surface area contributed by atoms with Crippen molar-refractivity contribution < 1.29 is 0 Å². The third kappa shape index (κ3) is 3.13. The van der Waals surface area contributed by atoms with Crippen LogP contribution in [0.3, 0.4) is 0 Å². The van der Waals surface area contributed by atoms with Crippen LogP contribution in [0.25, 0.3) is 0 Å². The molecule has 1 aromatic rings. The minimum Gasteiger partial charge on any atom is -0.229 e. The van der Waals surface area contributed by atoms with E-state index in [0.29, 0.717) is 11.8 Å². The molecule has 1 rings (SSSR count). The molecule has 0 radical (unpaired) electrons. The zero-order chi connectivity index (χ0) is 9.84. The molecule has 1 aromatic heterocycles. The summed E-state index contributed by atoms with van der Waals surface area (Å²) < 4.78 is 1.91. The van der Waals surface area contributed by atoms with E-state index in [1.54, 1.807) is 0 Å². The van der Waals surface area contributed by atoms with Gasteiger partial charge in [-0.25, -0.2) is 4.68 Å². The molecule has 0 bridgehead atoms. The van der Waals surface area contributed by atoms with Crippen molar-refractivity contribution in [3.63, 3.8) is 0 Å². The highest BCUT2D eigenvalue weighted by atomic mass is 15.5. The Morgan fingerprint density at radius 1 is 1.15 bits per heavy atom. The Hall–Kier alpha value is -0.930. The first-order valence-electron chi connectivity index (χ1n) is 4.84. The van der Waals surface area contributed by atoms with Crippen LogP contribution in [0, 0.1) is 11.8 Å². The van der Waals surface area contributed by atoms with E-state index in [9.17, 15) is 0 Å². The van der Waals surface area contributed by atoms with E-state index in [-0.39, 0.29) is 0 Å². The predicted molar refractivity (Wildman–Crippen MR) is 51.2 cm³/mol. The Kier molecular flexibility index (Phi) is 3.39. The molecule has 0 atom stereocenters. The summed E-state index contributed by atoms with van der Waals surface area (Å²) in [5.74, 6) is 2.20. The van der Waals surface area contributed by atoms with Crippen LogP contribution in [0.1, 0.15) is 33.5 Å². The van der Waals surface area contributed by atoms with E-state index in [4.69, 9.17) is 0 Å². The monoisotopic (exact) mass is 182 g/mol. The van der Waals surface area contributed by atoms with Gasteiger partial charge in [-0.2, -0.15) is 0 Å². The molecule has 0 aliphatic rings. The van der Waals surface area contributed by atoms with Crippen molar-refractivity contribution in [3.05, 3.63) is 5.82 Å². The highest BCUT2D eigenvalue weighted by molar-refractivity contribution is 4.82. The molecule has 13 heavy (non-hydrogen) atoms. The normalized spacial score (nSPS) is 11.5. The van der Waals surface area contributed by atoms with E-state index in [0.717, 1.165) is 18.8 Å². The fraction of sp³-hybridized carbons (Fsp3) is 0.889. The Labute approximate surface area is 79.3 Å². The van der Waals surface area contributed by atoms with Gasteiger partial charge < -0.3 is 0 Å². The fourth-order valence-corrected chi connectivity index (χ4v) is 1.22. The molecule has 0 aliphatic carbocycles. The second-order valence-corrected chi connectivity index (χ2v) is 4.27. The van der Waals surface area contributed by atoms with Crippen molar-refractivity contribution >= 4 is 0 Å². The molecular formula is C9H18N4. The molecule has 0 spiro atoms. The summed E-state index contributed by atoms with van der Waals surface area (Å²) in [4.78, 5) is 0. The maximum Gasteiger partial charge on any atom is 0.151 e. The smallest absolute Gasteiger partial charge is 0.151 e. The van der Waals surface area contributed by atoms with E-state index < -0.39 is 0 Å². The average molecular weight is 182 g/mol. The maximum absolute atomic E-state index is 4.01. The number of hydrogen-bond acceptors (Lipinski definition) is 3. The number of tetrazole rings is 1. The zero-order valence-corrected chi connectivity index (χ0v) is 8.86. The summed E-state index contributed by atoms with van der Waals surface area (Å²) >= 11 is 0. The fourth-order valence-electron chi connectivity index (χ4n) is 1.22. The highest BCUT2D eigenvalue weighted by Gasteiger charge is 2.08. The predicted octanol–water partition coefficient (Wildman–Crippen LogP) is 1.53. The molecule has 4 heteroatoms. The number of aromatic nitrogens is 4. The van der Waals surface area contributed by atoms with Gasteiger partial charge in [-0.3, -0.25) is 0 Å². The number of rotatable bonds is 4.